The molecule has 0 spiro atoms. The van der Waals surface area contributed by atoms with E-state index in [0.717, 1.165) is 0 Å². The summed E-state index contributed by atoms with van der Waals surface area (Å²) in [5, 5.41) is 9.81. The Morgan fingerprint density at radius 2 is 1.78 bits per heavy atom. The van der Waals surface area contributed by atoms with Crippen molar-refractivity contribution in [1.29, 1.82) is 0 Å². The van der Waals surface area contributed by atoms with Crippen molar-refractivity contribution in [2.75, 3.05) is 0 Å². The standard InChI is InChI=1S/C11H8O5S.Li.H/c12-11(13)10-3-1-2-7-6-8(17(14,15)16)4-5-9(7)10;;/h1-6H,(H,12,13)(H,14,15,16);;. The fourth-order valence-electron chi connectivity index (χ4n) is 1.61. The zero-order valence-corrected chi connectivity index (χ0v) is 9.31. The molecule has 0 saturated carbocycles. The zero-order chi connectivity index (χ0) is 12.6. The van der Waals surface area contributed by atoms with Crippen LogP contribution in [0.2, 0.25) is 0 Å². The summed E-state index contributed by atoms with van der Waals surface area (Å²) in [6.07, 6.45) is 0. The summed E-state index contributed by atoms with van der Waals surface area (Å²) in [6.45, 7) is 0. The monoisotopic (exact) mass is 260 g/mol. The number of hydrogen-bond donors (Lipinski definition) is 2. The normalized spacial score (nSPS) is 10.9. The molecular formula is C11H9LiO5S. The summed E-state index contributed by atoms with van der Waals surface area (Å²) >= 11 is 0. The third-order valence-electron chi connectivity index (χ3n) is 2.38. The van der Waals surface area contributed by atoms with E-state index in [4.69, 9.17) is 9.66 Å². The van der Waals surface area contributed by atoms with Gasteiger partial charge in [-0.1, -0.05) is 18.2 Å². The Morgan fingerprint density at radius 3 is 2.33 bits per heavy atom. The molecule has 18 heavy (non-hydrogen) atoms. The number of fused-ring (bicyclic) bond motifs is 1. The van der Waals surface area contributed by atoms with Crippen LogP contribution in [0.25, 0.3) is 10.8 Å². The molecule has 2 N–H and O–H groups in total. The summed E-state index contributed by atoms with van der Waals surface area (Å²) in [7, 11) is -4.27. The number of carboxylic acids is 1. The van der Waals surface area contributed by atoms with E-state index in [1.807, 2.05) is 0 Å². The van der Waals surface area contributed by atoms with E-state index in [1.165, 1.54) is 30.3 Å². The van der Waals surface area contributed by atoms with E-state index >= 15 is 0 Å². The molecule has 0 radical (unpaired) electrons. The van der Waals surface area contributed by atoms with Crippen molar-refractivity contribution in [3.05, 3.63) is 42.0 Å². The fraction of sp³-hybridized carbons (Fsp3) is 0. The number of rotatable bonds is 2. The molecule has 0 aliphatic carbocycles. The zero-order valence-electron chi connectivity index (χ0n) is 8.49. The molecular weight excluding hydrogens is 251 g/mol. The van der Waals surface area contributed by atoms with Crippen LogP contribution in [-0.2, 0) is 10.1 Å². The Balaban J connectivity index is 0.00000162. The van der Waals surface area contributed by atoms with Gasteiger partial charge < -0.3 is 5.11 Å². The third kappa shape index (κ3) is 2.74. The van der Waals surface area contributed by atoms with Gasteiger partial charge in [0.2, 0.25) is 0 Å². The van der Waals surface area contributed by atoms with E-state index in [1.54, 1.807) is 6.07 Å². The van der Waals surface area contributed by atoms with Crippen molar-refractivity contribution >= 4 is 45.7 Å². The molecule has 0 aliphatic heterocycles. The van der Waals surface area contributed by atoms with Gasteiger partial charge in [-0.25, -0.2) is 4.79 Å². The summed E-state index contributed by atoms with van der Waals surface area (Å²) in [4.78, 5) is 10.7. The minimum atomic E-state index is -4.27. The predicted octanol–water partition coefficient (Wildman–Crippen LogP) is 1.14. The first kappa shape index (κ1) is 14.7. The van der Waals surface area contributed by atoms with Crippen LogP contribution < -0.4 is 0 Å². The molecule has 0 atom stereocenters. The van der Waals surface area contributed by atoms with E-state index in [0.29, 0.717) is 10.8 Å². The molecule has 7 heteroatoms. The Kier molecular flexibility index (Phi) is 4.19. The van der Waals surface area contributed by atoms with Crippen LogP contribution >= 0.6 is 0 Å². The van der Waals surface area contributed by atoms with Crippen molar-refractivity contribution in [3.8, 4) is 0 Å². The van der Waals surface area contributed by atoms with Crippen molar-refractivity contribution < 1.29 is 22.9 Å². The van der Waals surface area contributed by atoms with E-state index < -0.39 is 16.1 Å². The van der Waals surface area contributed by atoms with Gasteiger partial charge in [-0.2, -0.15) is 8.42 Å². The van der Waals surface area contributed by atoms with Crippen LogP contribution in [0.3, 0.4) is 0 Å². The van der Waals surface area contributed by atoms with Crippen molar-refractivity contribution in [2.45, 2.75) is 4.90 Å². The second kappa shape index (κ2) is 5.12. The molecule has 0 fully saturated rings. The van der Waals surface area contributed by atoms with E-state index in [9.17, 15) is 13.2 Å². The molecule has 0 saturated heterocycles. The summed E-state index contributed by atoms with van der Waals surface area (Å²) < 4.78 is 30.8. The molecule has 2 aromatic carbocycles. The van der Waals surface area contributed by atoms with Gasteiger partial charge in [0.05, 0.1) is 10.5 Å². The second-order valence-corrected chi connectivity index (χ2v) is 4.89. The number of hydrogen-bond acceptors (Lipinski definition) is 3. The fourth-order valence-corrected chi connectivity index (χ4v) is 2.12. The van der Waals surface area contributed by atoms with Crippen LogP contribution in [0.5, 0.6) is 0 Å². The molecule has 2 rings (SSSR count). The quantitative estimate of drug-likeness (QED) is 0.624. The van der Waals surface area contributed by atoms with Gasteiger partial charge in [-0.05, 0) is 29.0 Å². The van der Waals surface area contributed by atoms with Crippen LogP contribution in [0.15, 0.2) is 41.3 Å². The maximum absolute atomic E-state index is 10.9. The molecule has 0 unspecified atom stereocenters. The first-order valence-corrected chi connectivity index (χ1v) is 6.07. The van der Waals surface area contributed by atoms with E-state index in [-0.39, 0.29) is 29.3 Å². The molecule has 5 nitrogen and oxygen atoms in total. The van der Waals surface area contributed by atoms with Crippen molar-refractivity contribution in [1.82, 2.24) is 0 Å². The number of benzene rings is 2. The van der Waals surface area contributed by atoms with Crippen LogP contribution in [0, 0.1) is 0 Å². The van der Waals surface area contributed by atoms with Gasteiger partial charge in [0, 0.05) is 0 Å². The number of carbonyl (C=O) groups is 1. The van der Waals surface area contributed by atoms with E-state index in [2.05, 4.69) is 0 Å². The van der Waals surface area contributed by atoms with Gasteiger partial charge >= 0.3 is 24.8 Å². The number of aromatic carboxylic acids is 1. The van der Waals surface area contributed by atoms with Gasteiger partial charge in [0.15, 0.2) is 0 Å². The van der Waals surface area contributed by atoms with Gasteiger partial charge in [-0.3, -0.25) is 4.55 Å². The maximum atomic E-state index is 10.9. The predicted molar refractivity (Wildman–Crippen MR) is 67.9 cm³/mol. The first-order chi connectivity index (χ1) is 7.89. The van der Waals surface area contributed by atoms with Crippen molar-refractivity contribution in [2.24, 2.45) is 0 Å². The Hall–Kier alpha value is -1.32. The SMILES string of the molecule is O=C(O)c1cccc2cc(S(=O)(=O)O)ccc12.[LiH]. The average molecular weight is 260 g/mol. The van der Waals surface area contributed by atoms with Crippen LogP contribution in [-0.4, -0.2) is 42.9 Å². The molecule has 0 aliphatic rings. The molecule has 90 valence electrons. The summed E-state index contributed by atoms with van der Waals surface area (Å²) in [6, 6.07) is 8.29. The van der Waals surface area contributed by atoms with Gasteiger partial charge in [0.25, 0.3) is 10.1 Å². The first-order valence-electron chi connectivity index (χ1n) is 4.63. The summed E-state index contributed by atoms with van der Waals surface area (Å²) in [5.74, 6) is -1.09. The third-order valence-corrected chi connectivity index (χ3v) is 3.23. The molecule has 0 amide bonds. The van der Waals surface area contributed by atoms with Gasteiger partial charge in [0.1, 0.15) is 0 Å². The number of carboxylic acid groups (broad SMARTS) is 1. The molecule has 0 heterocycles. The van der Waals surface area contributed by atoms with Gasteiger partial charge in [-0.15, -0.1) is 0 Å². The Labute approximate surface area is 115 Å². The molecule has 0 bridgehead atoms. The average Bonchev–Trinajstić information content (AvgIpc) is 2.26. The molecule has 0 aromatic heterocycles. The van der Waals surface area contributed by atoms with Crippen LogP contribution in [0.4, 0.5) is 0 Å². The summed E-state index contributed by atoms with van der Waals surface area (Å²) in [5.41, 5.74) is 0.0874. The second-order valence-electron chi connectivity index (χ2n) is 3.47. The Morgan fingerprint density at radius 1 is 1.11 bits per heavy atom. The topological polar surface area (TPSA) is 91.7 Å². The minimum absolute atomic E-state index is 0. The van der Waals surface area contributed by atoms with Crippen molar-refractivity contribution in [3.63, 3.8) is 0 Å². The Bertz CT molecular complexity index is 708. The molecule has 2 aromatic rings. The van der Waals surface area contributed by atoms with Crippen LogP contribution in [0.1, 0.15) is 10.4 Å².